The van der Waals surface area contributed by atoms with Crippen LogP contribution in [0.5, 0.6) is 0 Å². The van der Waals surface area contributed by atoms with E-state index >= 15 is 0 Å². The number of nitrogens with two attached hydrogens (primary N) is 1. The van der Waals surface area contributed by atoms with Crippen LogP contribution < -0.4 is 10.5 Å². The smallest absolute Gasteiger partial charge is 0.267 e. The van der Waals surface area contributed by atoms with Crippen molar-refractivity contribution in [3.05, 3.63) is 29.7 Å². The minimum absolute atomic E-state index is 0.0787. The molecule has 0 aliphatic rings. The van der Waals surface area contributed by atoms with Crippen LogP contribution in [-0.4, -0.2) is 23.2 Å². The minimum atomic E-state index is -3.83. The van der Waals surface area contributed by atoms with E-state index in [1.807, 2.05) is 0 Å². The predicted molar refractivity (Wildman–Crippen MR) is 67.7 cm³/mol. The molecule has 0 saturated heterocycles. The summed E-state index contributed by atoms with van der Waals surface area (Å²) in [5.74, 6) is -0.0787. The van der Waals surface area contributed by atoms with Crippen LogP contribution in [0.4, 0.5) is 11.5 Å². The SMILES string of the molecule is Cn1cc(S(=O)(=O)Nc2cnccc2Cl)c(N)n1. The lowest BCUT2D eigenvalue weighted by atomic mass is 10.4. The molecule has 0 bridgehead atoms. The van der Waals surface area contributed by atoms with Crippen molar-refractivity contribution in [2.45, 2.75) is 4.90 Å². The Hall–Kier alpha value is -1.80. The number of nitrogen functional groups attached to an aromatic ring is 1. The summed E-state index contributed by atoms with van der Waals surface area (Å²) in [5, 5.41) is 4.01. The highest BCUT2D eigenvalue weighted by molar-refractivity contribution is 7.92. The molecule has 0 aliphatic carbocycles. The topological polar surface area (TPSA) is 103 Å². The van der Waals surface area contributed by atoms with Crippen molar-refractivity contribution < 1.29 is 8.42 Å². The first-order chi connectivity index (χ1) is 8.40. The van der Waals surface area contributed by atoms with Gasteiger partial charge in [-0.1, -0.05) is 11.6 Å². The van der Waals surface area contributed by atoms with Gasteiger partial charge in [0.15, 0.2) is 5.82 Å². The van der Waals surface area contributed by atoms with Crippen LogP contribution in [0.3, 0.4) is 0 Å². The Kier molecular flexibility index (Phi) is 3.14. The van der Waals surface area contributed by atoms with Crippen LogP contribution in [0.25, 0.3) is 0 Å². The van der Waals surface area contributed by atoms with E-state index in [0.717, 1.165) is 0 Å². The normalized spacial score (nSPS) is 11.4. The average molecular weight is 288 g/mol. The van der Waals surface area contributed by atoms with E-state index in [-0.39, 0.29) is 21.4 Å². The van der Waals surface area contributed by atoms with Gasteiger partial charge in [0.25, 0.3) is 10.0 Å². The van der Waals surface area contributed by atoms with Gasteiger partial charge < -0.3 is 5.73 Å². The maximum absolute atomic E-state index is 12.1. The summed E-state index contributed by atoms with van der Waals surface area (Å²) in [6, 6.07) is 1.48. The molecule has 96 valence electrons. The number of halogens is 1. The predicted octanol–water partition coefficient (Wildman–Crippen LogP) is 0.852. The standard InChI is InChI=1S/C9H10ClN5O2S/c1-15-5-8(9(11)13-15)18(16,17)14-7-4-12-3-2-6(7)10/h2-5,14H,1H3,(H2,11,13). The molecule has 2 aromatic rings. The zero-order valence-corrected chi connectivity index (χ0v) is 10.9. The number of aryl methyl sites for hydroxylation is 1. The quantitative estimate of drug-likeness (QED) is 0.871. The first-order valence-corrected chi connectivity index (χ1v) is 6.68. The Bertz CT molecular complexity index is 682. The number of hydrogen-bond donors (Lipinski definition) is 2. The summed E-state index contributed by atoms with van der Waals surface area (Å²) in [5.41, 5.74) is 5.70. The first kappa shape index (κ1) is 12.7. The first-order valence-electron chi connectivity index (χ1n) is 4.81. The fourth-order valence-electron chi connectivity index (χ4n) is 1.34. The summed E-state index contributed by atoms with van der Waals surface area (Å²) in [7, 11) is -2.25. The second-order valence-electron chi connectivity index (χ2n) is 3.51. The molecule has 2 heterocycles. The lowest BCUT2D eigenvalue weighted by molar-refractivity contribution is 0.601. The number of anilines is 2. The van der Waals surface area contributed by atoms with Gasteiger partial charge in [0.05, 0.1) is 16.9 Å². The van der Waals surface area contributed by atoms with E-state index in [0.29, 0.717) is 0 Å². The Morgan fingerprint density at radius 2 is 2.22 bits per heavy atom. The summed E-state index contributed by atoms with van der Waals surface area (Å²) in [6.07, 6.45) is 4.08. The number of hydrogen-bond acceptors (Lipinski definition) is 5. The Balaban J connectivity index is 2.40. The van der Waals surface area contributed by atoms with Gasteiger partial charge >= 0.3 is 0 Å². The van der Waals surface area contributed by atoms with E-state index in [9.17, 15) is 8.42 Å². The molecule has 0 aliphatic heterocycles. The number of sulfonamides is 1. The fraction of sp³-hybridized carbons (Fsp3) is 0.111. The van der Waals surface area contributed by atoms with Crippen molar-refractivity contribution in [1.82, 2.24) is 14.8 Å². The van der Waals surface area contributed by atoms with Crippen molar-refractivity contribution in [3.63, 3.8) is 0 Å². The van der Waals surface area contributed by atoms with Gasteiger partial charge in [-0.3, -0.25) is 14.4 Å². The van der Waals surface area contributed by atoms with Gasteiger partial charge in [0.1, 0.15) is 4.90 Å². The highest BCUT2D eigenvalue weighted by Crippen LogP contribution is 2.24. The van der Waals surface area contributed by atoms with E-state index in [2.05, 4.69) is 14.8 Å². The van der Waals surface area contributed by atoms with Crippen LogP contribution >= 0.6 is 11.6 Å². The van der Waals surface area contributed by atoms with Gasteiger partial charge in [-0.25, -0.2) is 8.42 Å². The largest absolute Gasteiger partial charge is 0.381 e. The number of nitrogens with zero attached hydrogens (tertiary/aromatic N) is 3. The lowest BCUT2D eigenvalue weighted by Gasteiger charge is -2.07. The Labute approximate surface area is 109 Å². The van der Waals surface area contributed by atoms with Crippen molar-refractivity contribution >= 4 is 33.1 Å². The molecule has 0 atom stereocenters. The zero-order valence-electron chi connectivity index (χ0n) is 9.33. The second kappa shape index (κ2) is 4.46. The highest BCUT2D eigenvalue weighted by Gasteiger charge is 2.21. The maximum atomic E-state index is 12.1. The molecule has 0 aromatic carbocycles. The molecule has 9 heteroatoms. The number of aromatic nitrogens is 3. The van der Waals surface area contributed by atoms with Gasteiger partial charge in [-0.15, -0.1) is 0 Å². The van der Waals surface area contributed by atoms with Gasteiger partial charge in [-0.2, -0.15) is 5.10 Å². The summed E-state index contributed by atoms with van der Waals surface area (Å²) in [6.45, 7) is 0. The average Bonchev–Trinajstić information content (AvgIpc) is 2.62. The number of pyridine rings is 1. The Morgan fingerprint density at radius 3 is 2.78 bits per heavy atom. The number of nitrogens with one attached hydrogen (secondary N) is 1. The molecule has 0 spiro atoms. The van der Waals surface area contributed by atoms with E-state index in [1.54, 1.807) is 7.05 Å². The monoisotopic (exact) mass is 287 g/mol. The molecule has 0 saturated carbocycles. The molecular weight excluding hydrogens is 278 g/mol. The molecule has 0 radical (unpaired) electrons. The van der Waals surface area contributed by atoms with Crippen LogP contribution in [0, 0.1) is 0 Å². The molecule has 2 rings (SSSR count). The molecular formula is C9H10ClN5O2S. The van der Waals surface area contributed by atoms with Gasteiger partial charge in [0, 0.05) is 19.4 Å². The van der Waals surface area contributed by atoms with E-state index in [4.69, 9.17) is 17.3 Å². The molecule has 18 heavy (non-hydrogen) atoms. The van der Waals surface area contributed by atoms with Crippen molar-refractivity contribution in [3.8, 4) is 0 Å². The van der Waals surface area contributed by atoms with Gasteiger partial charge in [-0.05, 0) is 6.07 Å². The summed E-state index contributed by atoms with van der Waals surface area (Å²) < 4.78 is 27.7. The van der Waals surface area contributed by atoms with Crippen molar-refractivity contribution in [2.75, 3.05) is 10.5 Å². The third kappa shape index (κ3) is 2.39. The van der Waals surface area contributed by atoms with E-state index in [1.165, 1.54) is 29.3 Å². The van der Waals surface area contributed by atoms with Crippen LogP contribution in [0.1, 0.15) is 0 Å². The minimum Gasteiger partial charge on any atom is -0.381 e. The van der Waals surface area contributed by atoms with Gasteiger partial charge in [0.2, 0.25) is 0 Å². The molecule has 0 unspecified atom stereocenters. The highest BCUT2D eigenvalue weighted by atomic mass is 35.5. The second-order valence-corrected chi connectivity index (χ2v) is 5.57. The third-order valence-corrected chi connectivity index (χ3v) is 3.84. The maximum Gasteiger partial charge on any atom is 0.267 e. The molecule has 7 nitrogen and oxygen atoms in total. The Morgan fingerprint density at radius 1 is 1.50 bits per heavy atom. The van der Waals surface area contributed by atoms with E-state index < -0.39 is 10.0 Å². The molecule has 0 amide bonds. The van der Waals surface area contributed by atoms with Crippen LogP contribution in [-0.2, 0) is 17.1 Å². The van der Waals surface area contributed by atoms with Crippen molar-refractivity contribution in [1.29, 1.82) is 0 Å². The van der Waals surface area contributed by atoms with Crippen LogP contribution in [0.2, 0.25) is 5.02 Å². The molecule has 0 fully saturated rings. The zero-order chi connectivity index (χ0) is 13.3. The van der Waals surface area contributed by atoms with Crippen LogP contribution in [0.15, 0.2) is 29.6 Å². The molecule has 2 aromatic heterocycles. The lowest BCUT2D eigenvalue weighted by Crippen LogP contribution is -2.14. The molecule has 3 N–H and O–H groups in total. The number of rotatable bonds is 3. The summed E-state index contributed by atoms with van der Waals surface area (Å²) in [4.78, 5) is 3.68. The summed E-state index contributed by atoms with van der Waals surface area (Å²) >= 11 is 5.84. The third-order valence-electron chi connectivity index (χ3n) is 2.12. The fourth-order valence-corrected chi connectivity index (χ4v) is 2.72. The van der Waals surface area contributed by atoms with Crippen molar-refractivity contribution in [2.24, 2.45) is 7.05 Å².